The second-order valence-electron chi connectivity index (χ2n) is 1.45. The summed E-state index contributed by atoms with van der Waals surface area (Å²) in [6.07, 6.45) is 3.56. The summed E-state index contributed by atoms with van der Waals surface area (Å²) in [5.41, 5.74) is 6.71. The second kappa shape index (κ2) is 4.21. The average Bonchev–Trinajstić information content (AvgIpc) is 1.83. The quantitative estimate of drug-likeness (QED) is 0.356. The molecular weight excluding hydrogens is 96.1 g/mol. The van der Waals surface area contributed by atoms with Gasteiger partial charge in [-0.05, 0) is 25.5 Å². The molecule has 0 aromatic heterocycles. The van der Waals surface area contributed by atoms with E-state index in [4.69, 9.17) is 0 Å². The molecule has 0 saturated carbocycles. The third-order valence-electron chi connectivity index (χ3n) is 0.720. The van der Waals surface area contributed by atoms with Crippen molar-refractivity contribution < 1.29 is 0 Å². The minimum atomic E-state index is 1.02. The number of hydrogen-bond donors (Lipinski definition) is 0. The van der Waals surface area contributed by atoms with Crippen molar-refractivity contribution in [2.75, 3.05) is 0 Å². The average molecular weight is 106 g/mol. The Bertz CT molecular complexity index is 160. The lowest BCUT2D eigenvalue weighted by molar-refractivity contribution is 1.56. The standard InChI is InChI=1S/C8H10/c1-4-6-7-8(3)5-2/h4-5H,2H2,1,3H3. The van der Waals surface area contributed by atoms with E-state index in [0.717, 1.165) is 5.57 Å². The Labute approximate surface area is 50.5 Å². The molecule has 0 saturated heterocycles. The van der Waals surface area contributed by atoms with Crippen LogP contribution in [0.1, 0.15) is 13.8 Å². The molecule has 0 nitrogen and oxygen atoms in total. The molecule has 0 aromatic rings. The van der Waals surface area contributed by atoms with Gasteiger partial charge in [0.05, 0.1) is 0 Å². The molecule has 42 valence electrons. The molecule has 0 N–H and O–H groups in total. The summed E-state index contributed by atoms with van der Waals surface area (Å²) in [6.45, 7) is 7.40. The fourth-order valence-corrected chi connectivity index (χ4v) is 0.237. The molecule has 0 heterocycles. The highest BCUT2D eigenvalue weighted by Crippen LogP contribution is 1.85. The van der Waals surface area contributed by atoms with Gasteiger partial charge in [0.25, 0.3) is 0 Å². The van der Waals surface area contributed by atoms with Crippen LogP contribution >= 0.6 is 0 Å². The monoisotopic (exact) mass is 106 g/mol. The van der Waals surface area contributed by atoms with Crippen molar-refractivity contribution in [3.63, 3.8) is 0 Å². The van der Waals surface area contributed by atoms with Crippen LogP contribution in [0.5, 0.6) is 0 Å². The zero-order valence-corrected chi connectivity index (χ0v) is 5.36. The van der Waals surface area contributed by atoms with Gasteiger partial charge in [-0.2, -0.15) is 0 Å². The van der Waals surface area contributed by atoms with E-state index >= 15 is 0 Å². The summed E-state index contributed by atoms with van der Waals surface area (Å²) in [5, 5.41) is 0. The van der Waals surface area contributed by atoms with Crippen molar-refractivity contribution >= 4 is 0 Å². The van der Waals surface area contributed by atoms with Crippen LogP contribution < -0.4 is 0 Å². The van der Waals surface area contributed by atoms with E-state index in [0.29, 0.717) is 0 Å². The third-order valence-corrected chi connectivity index (χ3v) is 0.720. The molecule has 0 heteroatoms. The first-order valence-electron chi connectivity index (χ1n) is 2.56. The lowest BCUT2D eigenvalue weighted by Gasteiger charge is -1.73. The Kier molecular flexibility index (Phi) is 3.70. The van der Waals surface area contributed by atoms with Gasteiger partial charge < -0.3 is 0 Å². The Morgan fingerprint density at radius 2 is 2.25 bits per heavy atom. The fourth-order valence-electron chi connectivity index (χ4n) is 0.237. The molecule has 0 bridgehead atoms. The van der Waals surface area contributed by atoms with Gasteiger partial charge in [-0.3, -0.25) is 0 Å². The van der Waals surface area contributed by atoms with Crippen LogP contribution in [-0.4, -0.2) is 0 Å². The van der Waals surface area contributed by atoms with Crippen LogP contribution in [0.2, 0.25) is 0 Å². The minimum Gasteiger partial charge on any atom is -0.0982 e. The summed E-state index contributed by atoms with van der Waals surface area (Å²) in [6, 6.07) is 0. The minimum absolute atomic E-state index is 1.02. The topological polar surface area (TPSA) is 0 Å². The zero-order valence-electron chi connectivity index (χ0n) is 5.36. The molecular formula is C8H10. The van der Waals surface area contributed by atoms with E-state index < -0.39 is 0 Å². The molecule has 0 spiro atoms. The molecule has 8 heavy (non-hydrogen) atoms. The van der Waals surface area contributed by atoms with E-state index in [2.05, 4.69) is 18.0 Å². The fraction of sp³-hybridized carbons (Fsp3) is 0.250. The molecule has 0 unspecified atom stereocenters. The highest BCUT2D eigenvalue weighted by molar-refractivity contribution is 5.11. The highest BCUT2D eigenvalue weighted by Gasteiger charge is 1.66. The SMILES string of the molecule is C=CC(C)=C=C=CC. The van der Waals surface area contributed by atoms with Crippen LogP contribution in [0.25, 0.3) is 0 Å². The van der Waals surface area contributed by atoms with Gasteiger partial charge in [0, 0.05) is 0 Å². The molecule has 0 radical (unpaired) electrons. The van der Waals surface area contributed by atoms with Gasteiger partial charge in [0.1, 0.15) is 0 Å². The van der Waals surface area contributed by atoms with Crippen molar-refractivity contribution in [3.8, 4) is 0 Å². The van der Waals surface area contributed by atoms with Crippen LogP contribution in [-0.2, 0) is 0 Å². The van der Waals surface area contributed by atoms with Crippen molar-refractivity contribution in [1.29, 1.82) is 0 Å². The summed E-state index contributed by atoms with van der Waals surface area (Å²) in [7, 11) is 0. The van der Waals surface area contributed by atoms with Crippen molar-refractivity contribution in [2.45, 2.75) is 13.8 Å². The Morgan fingerprint density at radius 1 is 1.62 bits per heavy atom. The molecule has 0 fully saturated rings. The third kappa shape index (κ3) is 3.24. The normalized spacial score (nSPS) is 6.25. The lowest BCUT2D eigenvalue weighted by Crippen LogP contribution is -1.54. The predicted octanol–water partition coefficient (Wildman–Crippen LogP) is 2.45. The number of hydrogen-bond acceptors (Lipinski definition) is 0. The predicted molar refractivity (Wildman–Crippen MR) is 36.7 cm³/mol. The summed E-state index contributed by atoms with van der Waals surface area (Å²) >= 11 is 0. The smallest absolute Gasteiger partial charge is 0.00132 e. The van der Waals surface area contributed by atoms with Gasteiger partial charge in [0.2, 0.25) is 0 Å². The first kappa shape index (κ1) is 7.04. The summed E-state index contributed by atoms with van der Waals surface area (Å²) in [5.74, 6) is 0. The van der Waals surface area contributed by atoms with E-state index in [-0.39, 0.29) is 0 Å². The lowest BCUT2D eigenvalue weighted by atomic mass is 10.3. The molecule has 0 aliphatic rings. The highest BCUT2D eigenvalue weighted by atomic mass is 13.7. The molecule has 0 aromatic carbocycles. The maximum absolute atomic E-state index is 3.56. The van der Waals surface area contributed by atoms with Gasteiger partial charge in [-0.15, -0.1) is 0 Å². The number of allylic oxidation sites excluding steroid dienone is 3. The van der Waals surface area contributed by atoms with Crippen LogP contribution in [0.3, 0.4) is 0 Å². The second-order valence-corrected chi connectivity index (χ2v) is 1.45. The van der Waals surface area contributed by atoms with Crippen LogP contribution in [0.4, 0.5) is 0 Å². The van der Waals surface area contributed by atoms with Crippen molar-refractivity contribution in [1.82, 2.24) is 0 Å². The largest absolute Gasteiger partial charge is 0.0982 e. The molecule has 0 aliphatic heterocycles. The summed E-state index contributed by atoms with van der Waals surface area (Å²) in [4.78, 5) is 0. The number of rotatable bonds is 1. The summed E-state index contributed by atoms with van der Waals surface area (Å²) < 4.78 is 0. The first-order valence-corrected chi connectivity index (χ1v) is 2.56. The Balaban J connectivity index is 4.37. The van der Waals surface area contributed by atoms with Crippen molar-refractivity contribution in [2.24, 2.45) is 0 Å². The van der Waals surface area contributed by atoms with Crippen molar-refractivity contribution in [3.05, 3.63) is 35.8 Å². The molecule has 0 aliphatic carbocycles. The molecule has 0 amide bonds. The van der Waals surface area contributed by atoms with E-state index in [1.165, 1.54) is 0 Å². The zero-order chi connectivity index (χ0) is 6.41. The van der Waals surface area contributed by atoms with Gasteiger partial charge >= 0.3 is 0 Å². The van der Waals surface area contributed by atoms with Gasteiger partial charge in [-0.1, -0.05) is 24.1 Å². The van der Waals surface area contributed by atoms with Crippen LogP contribution in [0.15, 0.2) is 35.8 Å². The van der Waals surface area contributed by atoms with E-state index in [1.54, 1.807) is 6.08 Å². The van der Waals surface area contributed by atoms with Gasteiger partial charge in [-0.25, -0.2) is 0 Å². The molecule has 0 rings (SSSR count). The first-order chi connectivity index (χ1) is 3.81. The molecule has 0 atom stereocenters. The maximum atomic E-state index is 3.56. The van der Waals surface area contributed by atoms with E-state index in [1.807, 2.05) is 19.9 Å². The van der Waals surface area contributed by atoms with Gasteiger partial charge in [0.15, 0.2) is 0 Å². The van der Waals surface area contributed by atoms with Crippen LogP contribution in [0, 0.1) is 0 Å². The Morgan fingerprint density at radius 3 is 2.62 bits per heavy atom. The Hall–Kier alpha value is -0.960. The van der Waals surface area contributed by atoms with E-state index in [9.17, 15) is 0 Å². The maximum Gasteiger partial charge on any atom is -0.00132 e.